The van der Waals surface area contributed by atoms with Crippen LogP contribution in [0.15, 0.2) is 39.9 Å². The van der Waals surface area contributed by atoms with E-state index in [2.05, 4.69) is 11.6 Å². The van der Waals surface area contributed by atoms with Crippen LogP contribution in [0.3, 0.4) is 0 Å². The van der Waals surface area contributed by atoms with Crippen molar-refractivity contribution in [3.05, 3.63) is 46.8 Å². The van der Waals surface area contributed by atoms with Crippen LogP contribution in [-0.4, -0.2) is 39.4 Å². The third kappa shape index (κ3) is 4.88. The molecule has 0 spiro atoms. The molecule has 1 saturated heterocycles. The Morgan fingerprint density at radius 2 is 2.04 bits per heavy atom. The van der Waals surface area contributed by atoms with Crippen LogP contribution in [0.1, 0.15) is 35.7 Å². The van der Waals surface area contributed by atoms with Crippen LogP contribution in [-0.2, 0) is 16.6 Å². The Labute approximate surface area is 164 Å². The van der Waals surface area contributed by atoms with Gasteiger partial charge in [0.1, 0.15) is 9.96 Å². The van der Waals surface area contributed by atoms with Crippen molar-refractivity contribution < 1.29 is 17.9 Å². The minimum Gasteiger partial charge on any atom is -0.497 e. The summed E-state index contributed by atoms with van der Waals surface area (Å²) in [5.41, 5.74) is 1.24. The van der Waals surface area contributed by atoms with Gasteiger partial charge in [-0.15, -0.1) is 11.3 Å². The third-order valence-corrected chi connectivity index (χ3v) is 7.60. The highest BCUT2D eigenvalue weighted by atomic mass is 32.2. The number of nitrogens with one attached hydrogen (secondary N) is 1. The number of rotatable bonds is 6. The van der Waals surface area contributed by atoms with E-state index in [0.717, 1.165) is 42.8 Å². The molecule has 0 radical (unpaired) electrons. The van der Waals surface area contributed by atoms with Crippen molar-refractivity contribution in [2.45, 2.75) is 30.5 Å². The highest BCUT2D eigenvalue weighted by Gasteiger charge is 2.24. The number of piperidine rings is 1. The van der Waals surface area contributed by atoms with Crippen LogP contribution >= 0.6 is 11.3 Å². The third-order valence-electron chi connectivity index (χ3n) is 4.76. The molecule has 1 aliphatic rings. The molecular formula is C19H24N2O4S2. The lowest BCUT2D eigenvalue weighted by molar-refractivity contribution is 0.0697. The Morgan fingerprint density at radius 3 is 2.74 bits per heavy atom. The second-order valence-electron chi connectivity index (χ2n) is 6.81. The van der Waals surface area contributed by atoms with E-state index in [-0.39, 0.29) is 16.7 Å². The maximum absolute atomic E-state index is 12.6. The maximum Gasteiger partial charge on any atom is 0.254 e. The summed E-state index contributed by atoms with van der Waals surface area (Å²) in [6.45, 7) is 3.80. The van der Waals surface area contributed by atoms with E-state index >= 15 is 0 Å². The second-order valence-corrected chi connectivity index (χ2v) is 9.71. The molecule has 0 aliphatic carbocycles. The molecule has 0 saturated carbocycles. The van der Waals surface area contributed by atoms with Gasteiger partial charge in [-0.25, -0.2) is 13.1 Å². The Balaban J connectivity index is 1.66. The SMILES string of the molecule is COc1cccc(CNS(=O)(=O)c2cc(C(=O)N3CCC(C)CC3)cs2)c1. The highest BCUT2D eigenvalue weighted by molar-refractivity contribution is 7.91. The summed E-state index contributed by atoms with van der Waals surface area (Å²) in [6.07, 6.45) is 1.98. The molecule has 1 fully saturated rings. The number of methoxy groups -OCH3 is 1. The normalized spacial score (nSPS) is 15.7. The number of carbonyl (C=O) groups excluding carboxylic acids is 1. The molecule has 1 amide bonds. The molecule has 1 N–H and O–H groups in total. The van der Waals surface area contributed by atoms with Crippen LogP contribution < -0.4 is 9.46 Å². The first-order valence-electron chi connectivity index (χ1n) is 8.89. The second kappa shape index (κ2) is 8.41. The molecule has 0 bridgehead atoms. The summed E-state index contributed by atoms with van der Waals surface area (Å²) in [6, 6.07) is 8.69. The van der Waals surface area contributed by atoms with Crippen molar-refractivity contribution in [2.75, 3.05) is 20.2 Å². The van der Waals surface area contributed by atoms with Crippen molar-refractivity contribution in [2.24, 2.45) is 5.92 Å². The Kier molecular flexibility index (Phi) is 6.18. The first-order valence-corrected chi connectivity index (χ1v) is 11.3. The van der Waals surface area contributed by atoms with Gasteiger partial charge >= 0.3 is 0 Å². The number of hydrogen-bond acceptors (Lipinski definition) is 5. The average molecular weight is 409 g/mol. The monoisotopic (exact) mass is 408 g/mol. The topological polar surface area (TPSA) is 75.7 Å². The van der Waals surface area contributed by atoms with E-state index in [1.165, 1.54) is 6.07 Å². The molecule has 146 valence electrons. The average Bonchev–Trinajstić information content (AvgIpc) is 3.18. The lowest BCUT2D eigenvalue weighted by Crippen LogP contribution is -2.37. The Hall–Kier alpha value is -1.90. The van der Waals surface area contributed by atoms with Gasteiger partial charge < -0.3 is 9.64 Å². The van der Waals surface area contributed by atoms with E-state index in [0.29, 0.717) is 17.2 Å². The summed E-state index contributed by atoms with van der Waals surface area (Å²) < 4.78 is 33.0. The first-order chi connectivity index (χ1) is 12.9. The zero-order chi connectivity index (χ0) is 19.4. The Bertz CT molecular complexity index is 900. The smallest absolute Gasteiger partial charge is 0.254 e. The molecule has 1 aliphatic heterocycles. The van der Waals surface area contributed by atoms with Gasteiger partial charge in [0.05, 0.1) is 12.7 Å². The molecule has 3 rings (SSSR count). The van der Waals surface area contributed by atoms with E-state index in [9.17, 15) is 13.2 Å². The molecule has 1 aromatic heterocycles. The lowest BCUT2D eigenvalue weighted by Gasteiger charge is -2.30. The number of amides is 1. The number of sulfonamides is 1. The molecule has 0 atom stereocenters. The highest BCUT2D eigenvalue weighted by Crippen LogP contribution is 2.24. The van der Waals surface area contributed by atoms with Crippen LogP contribution in [0, 0.1) is 5.92 Å². The molecule has 0 unspecified atom stereocenters. The fourth-order valence-corrected chi connectivity index (χ4v) is 5.21. The number of nitrogens with zero attached hydrogens (tertiary/aromatic N) is 1. The minimum absolute atomic E-state index is 0.0904. The molecule has 6 nitrogen and oxygen atoms in total. The number of ether oxygens (including phenoxy) is 1. The van der Waals surface area contributed by atoms with Gasteiger partial charge in [0.15, 0.2) is 0 Å². The standard InChI is InChI=1S/C19H24N2O4S2/c1-14-6-8-21(9-7-14)19(22)16-11-18(26-13-16)27(23,24)20-12-15-4-3-5-17(10-15)25-2/h3-5,10-11,13-14,20H,6-9,12H2,1-2H3. The summed E-state index contributed by atoms with van der Waals surface area (Å²) in [5, 5.41) is 1.63. The van der Waals surface area contributed by atoms with Crippen molar-refractivity contribution >= 4 is 27.3 Å². The largest absolute Gasteiger partial charge is 0.497 e. The van der Waals surface area contributed by atoms with E-state index in [1.807, 2.05) is 17.0 Å². The summed E-state index contributed by atoms with van der Waals surface area (Å²) in [7, 11) is -2.11. The molecular weight excluding hydrogens is 384 g/mol. The first kappa shape index (κ1) is 19.9. The predicted octanol–water partition coefficient (Wildman–Crippen LogP) is 3.11. The number of benzene rings is 1. The fraction of sp³-hybridized carbons (Fsp3) is 0.421. The van der Waals surface area contributed by atoms with Crippen molar-refractivity contribution in [3.8, 4) is 5.75 Å². The molecule has 1 aromatic carbocycles. The lowest BCUT2D eigenvalue weighted by atomic mass is 9.99. The quantitative estimate of drug-likeness (QED) is 0.797. The van der Waals surface area contributed by atoms with Gasteiger partial charge in [-0.2, -0.15) is 0 Å². The summed E-state index contributed by atoms with van der Waals surface area (Å²) in [5.74, 6) is 1.22. The van der Waals surface area contributed by atoms with Crippen LogP contribution in [0.25, 0.3) is 0 Å². The number of likely N-dealkylation sites (tertiary alicyclic amines) is 1. The van der Waals surface area contributed by atoms with Gasteiger partial charge in [-0.1, -0.05) is 19.1 Å². The summed E-state index contributed by atoms with van der Waals surface area (Å²) >= 11 is 1.07. The van der Waals surface area contributed by atoms with E-state index < -0.39 is 10.0 Å². The van der Waals surface area contributed by atoms with Gasteiger partial charge in [0.2, 0.25) is 10.0 Å². The zero-order valence-corrected chi connectivity index (χ0v) is 17.1. The van der Waals surface area contributed by atoms with Gasteiger partial charge in [-0.05, 0) is 42.5 Å². The Morgan fingerprint density at radius 1 is 1.30 bits per heavy atom. The number of carbonyl (C=O) groups is 1. The van der Waals surface area contributed by atoms with Crippen LogP contribution in [0.2, 0.25) is 0 Å². The van der Waals surface area contributed by atoms with Gasteiger partial charge in [0.25, 0.3) is 5.91 Å². The van der Waals surface area contributed by atoms with Gasteiger partial charge in [0, 0.05) is 25.0 Å². The number of hydrogen-bond donors (Lipinski definition) is 1. The summed E-state index contributed by atoms with van der Waals surface area (Å²) in [4.78, 5) is 14.4. The van der Waals surface area contributed by atoms with Crippen LogP contribution in [0.4, 0.5) is 0 Å². The molecule has 8 heteroatoms. The number of thiophene rings is 1. The van der Waals surface area contributed by atoms with E-state index in [4.69, 9.17) is 4.74 Å². The van der Waals surface area contributed by atoms with E-state index in [1.54, 1.807) is 24.6 Å². The van der Waals surface area contributed by atoms with Crippen molar-refractivity contribution in [1.82, 2.24) is 9.62 Å². The van der Waals surface area contributed by atoms with Crippen LogP contribution in [0.5, 0.6) is 5.75 Å². The van der Waals surface area contributed by atoms with Crippen molar-refractivity contribution in [1.29, 1.82) is 0 Å². The minimum atomic E-state index is -3.67. The molecule has 2 aromatic rings. The molecule has 2 heterocycles. The molecule has 27 heavy (non-hydrogen) atoms. The predicted molar refractivity (Wildman–Crippen MR) is 106 cm³/mol. The van der Waals surface area contributed by atoms with Gasteiger partial charge in [-0.3, -0.25) is 4.79 Å². The van der Waals surface area contributed by atoms with Crippen molar-refractivity contribution in [3.63, 3.8) is 0 Å². The maximum atomic E-state index is 12.6. The zero-order valence-electron chi connectivity index (χ0n) is 15.5. The fourth-order valence-electron chi connectivity index (χ4n) is 3.00.